The van der Waals surface area contributed by atoms with E-state index in [1.807, 2.05) is 0 Å². The monoisotopic (exact) mass is 395 g/mol. The zero-order chi connectivity index (χ0) is 20.5. The van der Waals surface area contributed by atoms with Crippen molar-refractivity contribution in [2.45, 2.75) is 39.2 Å². The molecule has 0 aliphatic heterocycles. The predicted octanol–water partition coefficient (Wildman–Crippen LogP) is 0.860. The van der Waals surface area contributed by atoms with Gasteiger partial charge in [-0.2, -0.15) is 9.97 Å². The Kier molecular flexibility index (Phi) is 8.05. The Hall–Kier alpha value is -2.82. The van der Waals surface area contributed by atoms with Gasteiger partial charge in [0.25, 0.3) is 0 Å². The molecular formula is C17H29N7O4. The molecule has 0 saturated heterocycles. The van der Waals surface area contributed by atoms with E-state index >= 15 is 0 Å². The number of imidazole rings is 1. The second-order valence-electron chi connectivity index (χ2n) is 6.54. The number of unbranched alkanes of at least 4 members (excludes halogenated alkanes) is 1. The number of ether oxygens (including phenoxy) is 1. The fraction of sp³-hybridized carbons (Fsp3) is 0.647. The summed E-state index contributed by atoms with van der Waals surface area (Å²) in [7, 11) is 1.54. The first-order valence-electron chi connectivity index (χ1n) is 9.47. The summed E-state index contributed by atoms with van der Waals surface area (Å²) in [5.41, 5.74) is 6.49. The number of rotatable bonds is 12. The second-order valence-corrected chi connectivity index (χ2v) is 6.54. The number of nitrogens with one attached hydrogen (secondary N) is 2. The number of nitrogens with two attached hydrogens (primary N) is 1. The van der Waals surface area contributed by atoms with Crippen LogP contribution in [0.4, 0.5) is 10.6 Å². The maximum atomic E-state index is 12.2. The number of hydrogen-bond donors (Lipinski definition) is 4. The smallest absolute Gasteiger partial charge is 0.407 e. The van der Waals surface area contributed by atoms with Gasteiger partial charge in [0, 0.05) is 20.1 Å². The standard InChI is InChI=1S/C17H29N7O4/c1-3-4-11-28-15-21-13(18)12-14(22-15)24(16(25)20-12)10-6-8-19-7-5-9-23(2)17(26)27/h19H,3-11H2,1-2H3,(H,20,25)(H,26,27)(H2,18,21,22). The molecular weight excluding hydrogens is 366 g/mol. The van der Waals surface area contributed by atoms with Gasteiger partial charge in [0.05, 0.1) is 6.61 Å². The number of anilines is 1. The molecule has 5 N–H and O–H groups in total. The summed E-state index contributed by atoms with van der Waals surface area (Å²) in [4.78, 5) is 35.3. The summed E-state index contributed by atoms with van der Waals surface area (Å²) < 4.78 is 7.04. The van der Waals surface area contributed by atoms with Gasteiger partial charge in [0.15, 0.2) is 11.5 Å². The highest BCUT2D eigenvalue weighted by molar-refractivity contribution is 5.81. The van der Waals surface area contributed by atoms with Crippen molar-refractivity contribution < 1.29 is 14.6 Å². The molecule has 2 aromatic heterocycles. The van der Waals surface area contributed by atoms with Crippen LogP contribution in [0.2, 0.25) is 0 Å². The molecule has 156 valence electrons. The van der Waals surface area contributed by atoms with Crippen LogP contribution in [0, 0.1) is 0 Å². The van der Waals surface area contributed by atoms with Gasteiger partial charge in [-0.3, -0.25) is 4.57 Å². The van der Waals surface area contributed by atoms with Crippen molar-refractivity contribution in [3.8, 4) is 6.01 Å². The lowest BCUT2D eigenvalue weighted by Crippen LogP contribution is -2.29. The van der Waals surface area contributed by atoms with E-state index in [-0.39, 0.29) is 17.5 Å². The van der Waals surface area contributed by atoms with Crippen molar-refractivity contribution >= 4 is 23.1 Å². The summed E-state index contributed by atoms with van der Waals surface area (Å²) in [6, 6.07) is 0.173. The first-order chi connectivity index (χ1) is 13.4. The van der Waals surface area contributed by atoms with Crippen molar-refractivity contribution in [3.63, 3.8) is 0 Å². The minimum Gasteiger partial charge on any atom is -0.465 e. The highest BCUT2D eigenvalue weighted by Crippen LogP contribution is 2.17. The zero-order valence-corrected chi connectivity index (χ0v) is 16.4. The molecule has 0 aliphatic carbocycles. The number of aromatic nitrogens is 4. The SMILES string of the molecule is CCCCOc1nc(N)c2[nH]c(=O)n(CCCNCCCN(C)C(=O)O)c2n1. The molecule has 1 amide bonds. The highest BCUT2D eigenvalue weighted by Gasteiger charge is 2.14. The van der Waals surface area contributed by atoms with Gasteiger partial charge in [-0.1, -0.05) is 13.3 Å². The molecule has 0 radical (unpaired) electrons. The summed E-state index contributed by atoms with van der Waals surface area (Å²) in [6.07, 6.45) is 2.37. The van der Waals surface area contributed by atoms with Crippen LogP contribution in [0.5, 0.6) is 6.01 Å². The Bertz CT molecular complexity index is 833. The third-order valence-electron chi connectivity index (χ3n) is 4.27. The minimum atomic E-state index is -0.932. The number of nitrogen functional groups attached to an aromatic ring is 1. The summed E-state index contributed by atoms with van der Waals surface area (Å²) in [6.45, 7) is 4.88. The Morgan fingerprint density at radius 1 is 1.32 bits per heavy atom. The molecule has 28 heavy (non-hydrogen) atoms. The number of H-pyrrole nitrogens is 1. The third-order valence-corrected chi connectivity index (χ3v) is 4.27. The lowest BCUT2D eigenvalue weighted by Gasteiger charge is -2.12. The molecule has 0 unspecified atom stereocenters. The van der Waals surface area contributed by atoms with Gasteiger partial charge in [0.2, 0.25) is 0 Å². The number of hydrogen-bond acceptors (Lipinski definition) is 7. The largest absolute Gasteiger partial charge is 0.465 e. The lowest BCUT2D eigenvalue weighted by molar-refractivity contribution is 0.155. The quantitative estimate of drug-likeness (QED) is 0.386. The van der Waals surface area contributed by atoms with Crippen LogP contribution < -0.4 is 21.5 Å². The fourth-order valence-electron chi connectivity index (χ4n) is 2.63. The number of amides is 1. The Balaban J connectivity index is 1.88. The minimum absolute atomic E-state index is 0.173. The average molecular weight is 395 g/mol. The van der Waals surface area contributed by atoms with Crippen LogP contribution in [0.3, 0.4) is 0 Å². The van der Waals surface area contributed by atoms with Gasteiger partial charge >= 0.3 is 17.8 Å². The molecule has 2 aromatic rings. The van der Waals surface area contributed by atoms with E-state index < -0.39 is 6.09 Å². The molecule has 11 nitrogen and oxygen atoms in total. The Labute approximate surface area is 162 Å². The van der Waals surface area contributed by atoms with E-state index in [2.05, 4.69) is 27.2 Å². The summed E-state index contributed by atoms with van der Waals surface area (Å²) in [5.74, 6) is 0.188. The van der Waals surface area contributed by atoms with Gasteiger partial charge in [-0.15, -0.1) is 0 Å². The van der Waals surface area contributed by atoms with E-state index in [0.29, 0.717) is 50.4 Å². The van der Waals surface area contributed by atoms with Crippen LogP contribution in [0.25, 0.3) is 11.2 Å². The molecule has 2 heterocycles. The van der Waals surface area contributed by atoms with Crippen LogP contribution in [0.1, 0.15) is 32.6 Å². The first kappa shape index (κ1) is 21.5. The normalized spacial score (nSPS) is 11.1. The van der Waals surface area contributed by atoms with Crippen molar-refractivity contribution in [3.05, 3.63) is 10.5 Å². The maximum absolute atomic E-state index is 12.2. The molecule has 0 aliphatic rings. The molecule has 0 saturated carbocycles. The highest BCUT2D eigenvalue weighted by atomic mass is 16.5. The van der Waals surface area contributed by atoms with Gasteiger partial charge < -0.3 is 30.8 Å². The van der Waals surface area contributed by atoms with E-state index in [1.54, 1.807) is 7.05 Å². The van der Waals surface area contributed by atoms with E-state index in [4.69, 9.17) is 15.6 Å². The van der Waals surface area contributed by atoms with E-state index in [0.717, 1.165) is 19.3 Å². The molecule has 0 atom stereocenters. The van der Waals surface area contributed by atoms with Crippen LogP contribution in [-0.4, -0.2) is 68.9 Å². The molecule has 0 aromatic carbocycles. The predicted molar refractivity (Wildman–Crippen MR) is 106 cm³/mol. The summed E-state index contributed by atoms with van der Waals surface area (Å²) >= 11 is 0. The second kappa shape index (κ2) is 10.5. The van der Waals surface area contributed by atoms with E-state index in [1.165, 1.54) is 9.47 Å². The maximum Gasteiger partial charge on any atom is 0.407 e. The number of fused-ring (bicyclic) bond motifs is 1. The molecule has 11 heteroatoms. The van der Waals surface area contributed by atoms with Gasteiger partial charge in [0.1, 0.15) is 5.52 Å². The van der Waals surface area contributed by atoms with E-state index in [9.17, 15) is 9.59 Å². The van der Waals surface area contributed by atoms with Crippen molar-refractivity contribution in [2.75, 3.05) is 39.0 Å². The van der Waals surface area contributed by atoms with Crippen molar-refractivity contribution in [1.82, 2.24) is 29.7 Å². The first-order valence-corrected chi connectivity index (χ1v) is 9.47. The average Bonchev–Trinajstić information content (AvgIpc) is 2.97. The third kappa shape index (κ3) is 5.84. The number of carbonyl (C=O) groups is 1. The van der Waals surface area contributed by atoms with Crippen LogP contribution in [0.15, 0.2) is 4.79 Å². The van der Waals surface area contributed by atoms with Crippen molar-refractivity contribution in [2.24, 2.45) is 0 Å². The number of aromatic amines is 1. The summed E-state index contributed by atoms with van der Waals surface area (Å²) in [5, 5.41) is 12.0. The molecule has 0 bridgehead atoms. The number of carboxylic acid groups (broad SMARTS) is 1. The molecule has 0 fully saturated rings. The van der Waals surface area contributed by atoms with Gasteiger partial charge in [-0.05, 0) is 32.4 Å². The van der Waals surface area contributed by atoms with Gasteiger partial charge in [-0.25, -0.2) is 9.59 Å². The zero-order valence-electron chi connectivity index (χ0n) is 16.4. The Morgan fingerprint density at radius 2 is 2.07 bits per heavy atom. The lowest BCUT2D eigenvalue weighted by atomic mass is 10.3. The number of aryl methyl sites for hydroxylation is 1. The van der Waals surface area contributed by atoms with Crippen LogP contribution in [-0.2, 0) is 6.54 Å². The van der Waals surface area contributed by atoms with Crippen LogP contribution >= 0.6 is 0 Å². The Morgan fingerprint density at radius 3 is 2.79 bits per heavy atom. The molecule has 0 spiro atoms. The fourth-order valence-corrected chi connectivity index (χ4v) is 2.63. The van der Waals surface area contributed by atoms with Crippen molar-refractivity contribution in [1.29, 1.82) is 0 Å². The number of nitrogens with zero attached hydrogens (tertiary/aromatic N) is 4. The topological polar surface area (TPSA) is 151 Å². The molecule has 2 rings (SSSR count).